The summed E-state index contributed by atoms with van der Waals surface area (Å²) in [6.07, 6.45) is 0. The second-order valence-electron chi connectivity index (χ2n) is 5.98. The van der Waals surface area contributed by atoms with Gasteiger partial charge in [-0.1, -0.05) is 15.9 Å². The number of hydrogen-bond donors (Lipinski definition) is 0. The number of likely N-dealkylation sites (N-methyl/N-ethyl adjacent to an activating group) is 2. The summed E-state index contributed by atoms with van der Waals surface area (Å²) in [5.74, 6) is -0.328. The van der Waals surface area contributed by atoms with E-state index in [1.807, 2.05) is 51.3 Å². The van der Waals surface area contributed by atoms with E-state index < -0.39 is 0 Å². The van der Waals surface area contributed by atoms with Crippen molar-refractivity contribution in [2.45, 2.75) is 6.54 Å². The highest BCUT2D eigenvalue weighted by Gasteiger charge is 2.20. The normalized spacial score (nSPS) is 11.6. The molecule has 0 amide bonds. The molecule has 0 N–H and O–H groups in total. The first kappa shape index (κ1) is 17.9. The molecule has 0 spiro atoms. The molecule has 7 heteroatoms. The third kappa shape index (κ3) is 4.76. The van der Waals surface area contributed by atoms with E-state index in [0.717, 1.165) is 21.9 Å². The minimum Gasteiger partial charge on any atom is -0.460 e. The molecule has 2 aromatic rings. The quantitative estimate of drug-likeness (QED) is 0.686. The van der Waals surface area contributed by atoms with E-state index in [4.69, 9.17) is 4.74 Å². The predicted molar refractivity (Wildman–Crippen MR) is 94.8 cm³/mol. The van der Waals surface area contributed by atoms with Gasteiger partial charge in [-0.2, -0.15) is 5.10 Å². The van der Waals surface area contributed by atoms with Gasteiger partial charge in [-0.15, -0.1) is 0 Å². The summed E-state index contributed by atoms with van der Waals surface area (Å²) in [7, 11) is 7.88. The van der Waals surface area contributed by atoms with Crippen LogP contribution >= 0.6 is 15.9 Å². The fraction of sp³-hybridized carbons (Fsp3) is 0.500. The number of fused-ring (bicyclic) bond motifs is 1. The average molecular weight is 383 g/mol. The van der Waals surface area contributed by atoms with E-state index in [2.05, 4.69) is 25.9 Å². The van der Waals surface area contributed by atoms with E-state index in [9.17, 15) is 4.79 Å². The number of rotatable bonds is 7. The Hall–Kier alpha value is -1.44. The number of benzene rings is 1. The molecule has 0 saturated carbocycles. The lowest BCUT2D eigenvalue weighted by Gasteiger charge is -2.13. The van der Waals surface area contributed by atoms with Gasteiger partial charge in [0.2, 0.25) is 0 Å². The standard InChI is InChI=1S/C16H23BrN4O2/c1-19(2)7-8-21-15(16(22)23-10-9-20(3)4)13-11-12(17)5-6-14(13)18-21/h5-6,11H,7-10H2,1-4H3. The number of esters is 1. The molecule has 0 aliphatic carbocycles. The van der Waals surface area contributed by atoms with Crippen LogP contribution in [-0.2, 0) is 11.3 Å². The van der Waals surface area contributed by atoms with Crippen LogP contribution in [0.1, 0.15) is 10.5 Å². The Bertz CT molecular complexity index is 682. The van der Waals surface area contributed by atoms with Crippen LogP contribution in [0.15, 0.2) is 22.7 Å². The summed E-state index contributed by atoms with van der Waals surface area (Å²) >= 11 is 3.45. The van der Waals surface area contributed by atoms with Crippen LogP contribution < -0.4 is 0 Å². The van der Waals surface area contributed by atoms with Gasteiger partial charge >= 0.3 is 5.97 Å². The molecular weight excluding hydrogens is 360 g/mol. The molecule has 2 rings (SSSR count). The van der Waals surface area contributed by atoms with E-state index in [0.29, 0.717) is 25.4 Å². The molecule has 0 bridgehead atoms. The molecule has 126 valence electrons. The van der Waals surface area contributed by atoms with Crippen LogP contribution in [0.4, 0.5) is 0 Å². The number of carbonyl (C=O) groups excluding carboxylic acids is 1. The zero-order valence-electron chi connectivity index (χ0n) is 14.0. The third-order valence-electron chi connectivity index (χ3n) is 3.42. The maximum Gasteiger partial charge on any atom is 0.357 e. The average Bonchev–Trinajstić information content (AvgIpc) is 2.82. The monoisotopic (exact) mass is 382 g/mol. The third-order valence-corrected chi connectivity index (χ3v) is 3.92. The molecular formula is C16H23BrN4O2. The summed E-state index contributed by atoms with van der Waals surface area (Å²) in [6, 6.07) is 5.74. The Kier molecular flexibility index (Phi) is 6.15. The van der Waals surface area contributed by atoms with Gasteiger partial charge in [-0.25, -0.2) is 4.79 Å². The molecule has 23 heavy (non-hydrogen) atoms. The van der Waals surface area contributed by atoms with Gasteiger partial charge in [0.15, 0.2) is 5.69 Å². The van der Waals surface area contributed by atoms with Crippen molar-refractivity contribution in [1.29, 1.82) is 0 Å². The maximum absolute atomic E-state index is 12.5. The predicted octanol–water partition coefficient (Wildman–Crippen LogP) is 2.08. The zero-order chi connectivity index (χ0) is 17.0. The van der Waals surface area contributed by atoms with Crippen molar-refractivity contribution in [1.82, 2.24) is 19.6 Å². The molecule has 0 aliphatic rings. The van der Waals surface area contributed by atoms with E-state index in [-0.39, 0.29) is 5.97 Å². The Morgan fingerprint density at radius 3 is 2.57 bits per heavy atom. The smallest absolute Gasteiger partial charge is 0.357 e. The van der Waals surface area contributed by atoms with Gasteiger partial charge < -0.3 is 14.5 Å². The van der Waals surface area contributed by atoms with Crippen LogP contribution in [0, 0.1) is 0 Å². The van der Waals surface area contributed by atoms with E-state index in [1.165, 1.54) is 0 Å². The van der Waals surface area contributed by atoms with Gasteiger partial charge in [0.05, 0.1) is 12.1 Å². The first-order chi connectivity index (χ1) is 10.9. The Balaban J connectivity index is 2.30. The fourth-order valence-corrected chi connectivity index (χ4v) is 2.53. The number of carbonyl (C=O) groups is 1. The highest BCUT2D eigenvalue weighted by atomic mass is 79.9. The van der Waals surface area contributed by atoms with Crippen LogP contribution in [0.3, 0.4) is 0 Å². The summed E-state index contributed by atoms with van der Waals surface area (Å²) < 4.78 is 8.08. The van der Waals surface area contributed by atoms with Crippen LogP contribution in [0.25, 0.3) is 10.9 Å². The van der Waals surface area contributed by atoms with Crippen molar-refractivity contribution < 1.29 is 9.53 Å². The van der Waals surface area contributed by atoms with Gasteiger partial charge in [-0.05, 0) is 46.4 Å². The summed E-state index contributed by atoms with van der Waals surface area (Å²) in [6.45, 7) is 2.49. The minimum absolute atomic E-state index is 0.328. The second kappa shape index (κ2) is 7.90. The molecule has 6 nitrogen and oxygen atoms in total. The number of aromatic nitrogens is 2. The SMILES string of the molecule is CN(C)CCOC(=O)c1c2cc(Br)ccc2nn1CCN(C)C. The Labute approximate surface area is 145 Å². The fourth-order valence-electron chi connectivity index (χ4n) is 2.17. The van der Waals surface area contributed by atoms with Crippen molar-refractivity contribution in [3.8, 4) is 0 Å². The molecule has 1 aromatic carbocycles. The van der Waals surface area contributed by atoms with Gasteiger partial charge in [-0.3, -0.25) is 4.68 Å². The van der Waals surface area contributed by atoms with Gasteiger partial charge in [0.25, 0.3) is 0 Å². The lowest BCUT2D eigenvalue weighted by atomic mass is 10.2. The number of ether oxygens (including phenoxy) is 1. The Morgan fingerprint density at radius 1 is 1.22 bits per heavy atom. The number of hydrogen-bond acceptors (Lipinski definition) is 5. The minimum atomic E-state index is -0.328. The van der Waals surface area contributed by atoms with Crippen LogP contribution in [-0.4, -0.2) is 73.4 Å². The Morgan fingerprint density at radius 2 is 1.91 bits per heavy atom. The molecule has 0 saturated heterocycles. The summed E-state index contributed by atoms with van der Waals surface area (Å²) in [5, 5.41) is 5.36. The van der Waals surface area contributed by atoms with Crippen molar-refractivity contribution in [3.63, 3.8) is 0 Å². The van der Waals surface area contributed by atoms with E-state index >= 15 is 0 Å². The molecule has 1 heterocycles. The first-order valence-electron chi connectivity index (χ1n) is 7.51. The summed E-state index contributed by atoms with van der Waals surface area (Å²) in [5.41, 5.74) is 1.31. The number of halogens is 1. The highest BCUT2D eigenvalue weighted by molar-refractivity contribution is 9.10. The lowest BCUT2D eigenvalue weighted by molar-refractivity contribution is 0.0469. The van der Waals surface area contributed by atoms with Gasteiger partial charge in [0, 0.05) is 22.9 Å². The number of nitrogens with zero attached hydrogens (tertiary/aromatic N) is 4. The topological polar surface area (TPSA) is 50.6 Å². The van der Waals surface area contributed by atoms with Crippen LogP contribution in [0.2, 0.25) is 0 Å². The molecule has 0 aliphatic heterocycles. The molecule has 0 atom stereocenters. The molecule has 0 fully saturated rings. The maximum atomic E-state index is 12.5. The molecule has 0 radical (unpaired) electrons. The summed E-state index contributed by atoms with van der Waals surface area (Å²) in [4.78, 5) is 16.6. The first-order valence-corrected chi connectivity index (χ1v) is 8.30. The van der Waals surface area contributed by atoms with Crippen molar-refractivity contribution in [2.75, 3.05) is 47.9 Å². The lowest BCUT2D eigenvalue weighted by Crippen LogP contribution is -2.24. The van der Waals surface area contributed by atoms with Crippen molar-refractivity contribution in [2.24, 2.45) is 0 Å². The van der Waals surface area contributed by atoms with Crippen molar-refractivity contribution >= 4 is 32.8 Å². The van der Waals surface area contributed by atoms with E-state index in [1.54, 1.807) is 4.68 Å². The van der Waals surface area contributed by atoms with Crippen LogP contribution in [0.5, 0.6) is 0 Å². The van der Waals surface area contributed by atoms with Crippen molar-refractivity contribution in [3.05, 3.63) is 28.4 Å². The highest BCUT2D eigenvalue weighted by Crippen LogP contribution is 2.23. The molecule has 0 unspecified atom stereocenters. The zero-order valence-corrected chi connectivity index (χ0v) is 15.6. The molecule has 1 aromatic heterocycles. The second-order valence-corrected chi connectivity index (χ2v) is 6.89. The van der Waals surface area contributed by atoms with Gasteiger partial charge in [0.1, 0.15) is 6.61 Å². The largest absolute Gasteiger partial charge is 0.460 e.